The highest BCUT2D eigenvalue weighted by Gasteiger charge is 2.18. The summed E-state index contributed by atoms with van der Waals surface area (Å²) < 4.78 is 0. The van der Waals surface area contributed by atoms with Crippen LogP contribution >= 0.6 is 24.8 Å². The summed E-state index contributed by atoms with van der Waals surface area (Å²) >= 11 is 0. The second-order valence-electron chi connectivity index (χ2n) is 5.13. The SMILES string of the molecule is Cc1cccc(N2CCN(c3ccc(N)nn3)CC2)c1.Cl.Cl. The largest absolute Gasteiger partial charge is 0.382 e. The Morgan fingerprint density at radius 2 is 1.59 bits per heavy atom. The second kappa shape index (κ2) is 8.06. The zero-order valence-electron chi connectivity index (χ0n) is 12.5. The van der Waals surface area contributed by atoms with Crippen LogP contribution < -0.4 is 15.5 Å². The number of nitrogen functional groups attached to an aromatic ring is 1. The summed E-state index contributed by atoms with van der Waals surface area (Å²) in [4.78, 5) is 4.66. The monoisotopic (exact) mass is 341 g/mol. The fourth-order valence-corrected chi connectivity index (χ4v) is 2.52. The van der Waals surface area contributed by atoms with Gasteiger partial charge < -0.3 is 15.5 Å². The molecule has 1 aromatic carbocycles. The van der Waals surface area contributed by atoms with Crippen molar-refractivity contribution in [3.8, 4) is 0 Å². The molecule has 0 radical (unpaired) electrons. The minimum atomic E-state index is 0. The molecule has 0 aliphatic carbocycles. The van der Waals surface area contributed by atoms with Gasteiger partial charge in [0, 0.05) is 31.9 Å². The topological polar surface area (TPSA) is 58.3 Å². The van der Waals surface area contributed by atoms with E-state index in [0.717, 1.165) is 32.0 Å². The van der Waals surface area contributed by atoms with Crippen LogP contribution in [0.4, 0.5) is 17.3 Å². The summed E-state index contributed by atoms with van der Waals surface area (Å²) in [6.45, 7) is 6.02. The van der Waals surface area contributed by atoms with Gasteiger partial charge in [-0.15, -0.1) is 35.0 Å². The zero-order valence-corrected chi connectivity index (χ0v) is 14.1. The fourth-order valence-electron chi connectivity index (χ4n) is 2.52. The number of piperazine rings is 1. The highest BCUT2D eigenvalue weighted by atomic mass is 35.5. The molecule has 0 amide bonds. The molecule has 0 saturated carbocycles. The Hall–Kier alpha value is -1.72. The van der Waals surface area contributed by atoms with Gasteiger partial charge in [0.15, 0.2) is 5.82 Å². The molecular formula is C15H21Cl2N5. The first kappa shape index (κ1) is 18.3. The third-order valence-corrected chi connectivity index (χ3v) is 3.64. The molecule has 1 fully saturated rings. The van der Waals surface area contributed by atoms with Crippen molar-refractivity contribution >= 4 is 42.1 Å². The summed E-state index contributed by atoms with van der Waals surface area (Å²) in [5, 5.41) is 8.06. The van der Waals surface area contributed by atoms with Crippen LogP contribution in [-0.4, -0.2) is 36.4 Å². The number of benzene rings is 1. The Labute approximate surface area is 143 Å². The van der Waals surface area contributed by atoms with E-state index in [0.29, 0.717) is 5.82 Å². The average Bonchev–Trinajstić information content (AvgIpc) is 2.48. The van der Waals surface area contributed by atoms with Gasteiger partial charge in [-0.2, -0.15) is 0 Å². The average molecular weight is 342 g/mol. The highest BCUT2D eigenvalue weighted by Crippen LogP contribution is 2.20. The Kier molecular flexibility index (Phi) is 6.71. The minimum absolute atomic E-state index is 0. The molecule has 1 saturated heterocycles. The van der Waals surface area contributed by atoms with Crippen LogP contribution in [0.2, 0.25) is 0 Å². The number of hydrogen-bond donors (Lipinski definition) is 1. The van der Waals surface area contributed by atoms with Crippen molar-refractivity contribution in [2.75, 3.05) is 41.7 Å². The molecule has 5 nitrogen and oxygen atoms in total. The highest BCUT2D eigenvalue weighted by molar-refractivity contribution is 5.85. The van der Waals surface area contributed by atoms with Gasteiger partial charge in [0.25, 0.3) is 0 Å². The maximum atomic E-state index is 5.57. The summed E-state index contributed by atoms with van der Waals surface area (Å²) in [7, 11) is 0. The number of aromatic nitrogens is 2. The molecule has 0 bridgehead atoms. The summed E-state index contributed by atoms with van der Waals surface area (Å²) in [5.41, 5.74) is 8.17. The number of rotatable bonds is 2. The lowest BCUT2D eigenvalue weighted by Crippen LogP contribution is -2.46. The molecule has 2 aromatic rings. The van der Waals surface area contributed by atoms with Crippen molar-refractivity contribution in [1.29, 1.82) is 0 Å². The Bertz CT molecular complexity index is 583. The van der Waals surface area contributed by atoms with Crippen LogP contribution in [-0.2, 0) is 0 Å². The maximum Gasteiger partial charge on any atom is 0.151 e. The van der Waals surface area contributed by atoms with Gasteiger partial charge in [0.05, 0.1) is 0 Å². The molecule has 0 atom stereocenters. The van der Waals surface area contributed by atoms with Gasteiger partial charge in [-0.25, -0.2) is 0 Å². The van der Waals surface area contributed by atoms with E-state index >= 15 is 0 Å². The standard InChI is InChI=1S/C15H19N5.2ClH/c1-12-3-2-4-13(11-12)19-7-9-20(10-8-19)15-6-5-14(16)17-18-15;;/h2-6,11H,7-10H2,1H3,(H2,16,17);2*1H. The van der Waals surface area contributed by atoms with Crippen LogP contribution in [0.3, 0.4) is 0 Å². The van der Waals surface area contributed by atoms with Gasteiger partial charge in [0.2, 0.25) is 0 Å². The number of anilines is 3. The molecule has 0 unspecified atom stereocenters. The molecule has 120 valence electrons. The smallest absolute Gasteiger partial charge is 0.151 e. The van der Waals surface area contributed by atoms with Crippen molar-refractivity contribution < 1.29 is 0 Å². The van der Waals surface area contributed by atoms with Crippen LogP contribution in [0, 0.1) is 6.92 Å². The lowest BCUT2D eigenvalue weighted by atomic mass is 10.2. The molecule has 1 aromatic heterocycles. The second-order valence-corrected chi connectivity index (χ2v) is 5.13. The summed E-state index contributed by atoms with van der Waals surface area (Å²) in [6.07, 6.45) is 0. The van der Waals surface area contributed by atoms with E-state index in [1.165, 1.54) is 11.3 Å². The van der Waals surface area contributed by atoms with E-state index < -0.39 is 0 Å². The van der Waals surface area contributed by atoms with E-state index in [4.69, 9.17) is 5.73 Å². The first-order valence-corrected chi connectivity index (χ1v) is 6.88. The van der Waals surface area contributed by atoms with Crippen molar-refractivity contribution in [1.82, 2.24) is 10.2 Å². The van der Waals surface area contributed by atoms with Crippen molar-refractivity contribution in [3.63, 3.8) is 0 Å². The minimum Gasteiger partial charge on any atom is -0.382 e. The van der Waals surface area contributed by atoms with Crippen LogP contribution in [0.1, 0.15) is 5.56 Å². The molecule has 2 heterocycles. The third-order valence-electron chi connectivity index (χ3n) is 3.64. The molecular weight excluding hydrogens is 321 g/mol. The maximum absolute atomic E-state index is 5.57. The van der Waals surface area contributed by atoms with E-state index in [9.17, 15) is 0 Å². The molecule has 1 aliphatic heterocycles. The van der Waals surface area contributed by atoms with Crippen molar-refractivity contribution in [2.24, 2.45) is 0 Å². The lowest BCUT2D eigenvalue weighted by molar-refractivity contribution is 0.644. The summed E-state index contributed by atoms with van der Waals surface area (Å²) in [5.74, 6) is 1.37. The Morgan fingerprint density at radius 3 is 2.18 bits per heavy atom. The van der Waals surface area contributed by atoms with Gasteiger partial charge >= 0.3 is 0 Å². The molecule has 2 N–H and O–H groups in total. The first-order valence-electron chi connectivity index (χ1n) is 6.88. The zero-order chi connectivity index (χ0) is 13.9. The van der Waals surface area contributed by atoms with Crippen LogP contribution in [0.25, 0.3) is 0 Å². The molecule has 0 spiro atoms. The third kappa shape index (κ3) is 4.15. The van der Waals surface area contributed by atoms with Crippen LogP contribution in [0.5, 0.6) is 0 Å². The van der Waals surface area contributed by atoms with Gasteiger partial charge in [0.1, 0.15) is 5.82 Å². The predicted molar refractivity (Wildman–Crippen MR) is 96.5 cm³/mol. The Morgan fingerprint density at radius 1 is 0.909 bits per heavy atom. The quantitative estimate of drug-likeness (QED) is 0.909. The van der Waals surface area contributed by atoms with Crippen molar-refractivity contribution in [3.05, 3.63) is 42.0 Å². The van der Waals surface area contributed by atoms with Crippen molar-refractivity contribution in [2.45, 2.75) is 6.92 Å². The van der Waals surface area contributed by atoms with E-state index in [-0.39, 0.29) is 24.8 Å². The van der Waals surface area contributed by atoms with Crippen LogP contribution in [0.15, 0.2) is 36.4 Å². The van der Waals surface area contributed by atoms with E-state index in [2.05, 4.69) is 51.2 Å². The van der Waals surface area contributed by atoms with E-state index in [1.54, 1.807) is 6.07 Å². The number of nitrogens with zero attached hydrogens (tertiary/aromatic N) is 4. The normalized spacial score (nSPS) is 14.0. The molecule has 7 heteroatoms. The number of nitrogens with two attached hydrogens (primary N) is 1. The summed E-state index contributed by atoms with van der Waals surface area (Å²) in [6, 6.07) is 12.4. The first-order chi connectivity index (χ1) is 9.72. The van der Waals surface area contributed by atoms with Gasteiger partial charge in [-0.05, 0) is 36.8 Å². The lowest BCUT2D eigenvalue weighted by Gasteiger charge is -2.36. The Balaban J connectivity index is 0.00000121. The molecule has 3 rings (SSSR count). The molecule has 1 aliphatic rings. The number of halogens is 2. The molecule has 22 heavy (non-hydrogen) atoms. The number of aryl methyl sites for hydroxylation is 1. The van der Waals surface area contributed by atoms with Gasteiger partial charge in [-0.1, -0.05) is 12.1 Å². The predicted octanol–water partition coefficient (Wildman–Crippen LogP) is 2.54. The van der Waals surface area contributed by atoms with Gasteiger partial charge in [-0.3, -0.25) is 0 Å². The number of hydrogen-bond acceptors (Lipinski definition) is 5. The fraction of sp³-hybridized carbons (Fsp3) is 0.333. The van der Waals surface area contributed by atoms with E-state index in [1.807, 2.05) is 6.07 Å².